The van der Waals surface area contributed by atoms with Gasteiger partial charge in [0.1, 0.15) is 0 Å². The van der Waals surface area contributed by atoms with Crippen LogP contribution in [0.2, 0.25) is 0 Å². The largest absolute Gasteiger partial charge is 0.377 e. The minimum atomic E-state index is -0.364. The highest BCUT2D eigenvalue weighted by molar-refractivity contribution is 9.08. The van der Waals surface area contributed by atoms with E-state index in [1.807, 2.05) is 18.2 Å². The average molecular weight is 365 g/mol. The van der Waals surface area contributed by atoms with Gasteiger partial charge in [-0.25, -0.2) is 5.43 Å². The van der Waals surface area contributed by atoms with E-state index < -0.39 is 0 Å². The molecule has 1 unspecified atom stereocenters. The first-order chi connectivity index (χ1) is 10.8. The molecule has 118 valence electrons. The van der Waals surface area contributed by atoms with Gasteiger partial charge in [0, 0.05) is 5.33 Å². The van der Waals surface area contributed by atoms with E-state index in [0.29, 0.717) is 0 Å². The van der Waals surface area contributed by atoms with Gasteiger partial charge in [0.05, 0.1) is 19.4 Å². The molecular weight excluding hydrogens is 344 g/mol. The van der Waals surface area contributed by atoms with Gasteiger partial charge < -0.3 is 10.5 Å². The number of nitrogens with one attached hydrogen (secondary N) is 2. The molecule has 22 heavy (non-hydrogen) atoms. The number of ether oxygens (including phenoxy) is 1. The Kier molecular flexibility index (Phi) is 6.98. The first kappa shape index (κ1) is 17.1. The van der Waals surface area contributed by atoms with Crippen LogP contribution in [0.25, 0.3) is 11.1 Å². The molecule has 2 aromatic carbocycles. The quantitative estimate of drug-likeness (QED) is 0.215. The number of rotatable bonds is 5. The molecule has 0 aliphatic carbocycles. The lowest BCUT2D eigenvalue weighted by atomic mass is 9.97. The second kappa shape index (κ2) is 8.99. The normalized spacial score (nSPS) is 14.0. The Hall–Kier alpha value is -1.28. The summed E-state index contributed by atoms with van der Waals surface area (Å²) in [7, 11) is 0. The summed E-state index contributed by atoms with van der Waals surface area (Å²) in [6.45, 7) is 2.00. The summed E-state index contributed by atoms with van der Waals surface area (Å²) in [6, 6.07) is 16.4. The molecule has 0 amide bonds. The molecular formula is C16H21BrN4O. The Bertz CT molecular complexity index is 572. The Morgan fingerprint density at radius 1 is 1.09 bits per heavy atom. The van der Waals surface area contributed by atoms with Gasteiger partial charge in [0.15, 0.2) is 0 Å². The van der Waals surface area contributed by atoms with Crippen LogP contribution in [-0.2, 0) is 10.1 Å². The van der Waals surface area contributed by atoms with E-state index in [9.17, 15) is 0 Å². The molecule has 1 fully saturated rings. The maximum Gasteiger partial charge on any atom is 0.0957 e. The van der Waals surface area contributed by atoms with Crippen LogP contribution >= 0.6 is 15.9 Å². The Morgan fingerprint density at radius 3 is 2.27 bits per heavy atom. The van der Waals surface area contributed by atoms with E-state index in [0.717, 1.165) is 35.2 Å². The molecule has 0 radical (unpaired) electrons. The van der Waals surface area contributed by atoms with Crippen LogP contribution in [0, 0.1) is 0 Å². The number of hydrogen-bond acceptors (Lipinski definition) is 5. The van der Waals surface area contributed by atoms with Gasteiger partial charge in [0.25, 0.3) is 0 Å². The number of hydrazine groups is 2. The van der Waals surface area contributed by atoms with Gasteiger partial charge >= 0.3 is 0 Å². The van der Waals surface area contributed by atoms with Crippen molar-refractivity contribution in [2.24, 2.45) is 11.6 Å². The van der Waals surface area contributed by atoms with Crippen molar-refractivity contribution in [1.82, 2.24) is 11.0 Å². The van der Waals surface area contributed by atoms with E-state index in [4.69, 9.17) is 11.6 Å². The molecule has 6 N–H and O–H groups in total. The van der Waals surface area contributed by atoms with Crippen LogP contribution < -0.4 is 22.5 Å². The molecule has 5 nitrogen and oxygen atoms in total. The molecule has 0 bridgehead atoms. The first-order valence-electron chi connectivity index (χ1n) is 7.05. The highest BCUT2D eigenvalue weighted by Crippen LogP contribution is 2.26. The second-order valence-electron chi connectivity index (χ2n) is 4.80. The highest BCUT2D eigenvalue weighted by atomic mass is 79.9. The Balaban J connectivity index is 0.000000523. The van der Waals surface area contributed by atoms with Crippen molar-refractivity contribution in [2.45, 2.75) is 11.5 Å². The molecule has 0 spiro atoms. The maximum absolute atomic E-state index is 6.04. The molecule has 3 rings (SSSR count). The summed E-state index contributed by atoms with van der Waals surface area (Å²) in [5.41, 5.74) is 15.7. The number of alkyl halides is 1. The lowest BCUT2D eigenvalue weighted by Gasteiger charge is -2.17. The summed E-state index contributed by atoms with van der Waals surface area (Å²) in [5, 5.41) is 0.854. The van der Waals surface area contributed by atoms with Crippen molar-refractivity contribution in [2.75, 3.05) is 13.2 Å². The van der Waals surface area contributed by atoms with Crippen molar-refractivity contribution in [3.05, 3.63) is 59.7 Å². The van der Waals surface area contributed by atoms with Crippen molar-refractivity contribution in [1.29, 1.82) is 0 Å². The molecule has 0 saturated carbocycles. The average Bonchev–Trinajstić information content (AvgIpc) is 3.44. The predicted octanol–water partition coefficient (Wildman–Crippen LogP) is 2.19. The van der Waals surface area contributed by atoms with Gasteiger partial charge in [-0.1, -0.05) is 64.5 Å². The molecule has 1 saturated heterocycles. The number of epoxide rings is 1. The lowest BCUT2D eigenvalue weighted by molar-refractivity contribution is 0.461. The van der Waals surface area contributed by atoms with Gasteiger partial charge in [-0.05, 0) is 22.3 Å². The zero-order chi connectivity index (χ0) is 15.8. The maximum atomic E-state index is 6.04. The Labute approximate surface area is 139 Å². The number of benzene rings is 2. The molecule has 1 atom stereocenters. The fraction of sp³-hybridized carbons (Fsp3) is 0.250. The summed E-state index contributed by atoms with van der Waals surface area (Å²) in [6.07, 6.45) is -0.364. The van der Waals surface area contributed by atoms with Gasteiger partial charge in [-0.2, -0.15) is 5.53 Å². The van der Waals surface area contributed by atoms with Crippen LogP contribution in [0.4, 0.5) is 0 Å². The van der Waals surface area contributed by atoms with Crippen molar-refractivity contribution >= 4 is 15.9 Å². The van der Waals surface area contributed by atoms with Crippen LogP contribution in [0.3, 0.4) is 0 Å². The minimum Gasteiger partial charge on any atom is -0.377 e. The monoisotopic (exact) mass is 364 g/mol. The summed E-state index contributed by atoms with van der Waals surface area (Å²) >= 11 is 3.44. The molecule has 1 heterocycles. The van der Waals surface area contributed by atoms with Crippen LogP contribution in [-0.4, -0.2) is 13.2 Å². The van der Waals surface area contributed by atoms with Crippen LogP contribution in [0.5, 0.6) is 0 Å². The SMILES string of the molecule is C1CO1.NNNC(N)c1ccccc1-c1ccc(CBr)cc1. The smallest absolute Gasteiger partial charge is 0.0957 e. The number of halogens is 1. The van der Waals surface area contributed by atoms with E-state index in [-0.39, 0.29) is 6.17 Å². The zero-order valence-corrected chi connectivity index (χ0v) is 13.8. The van der Waals surface area contributed by atoms with Crippen molar-refractivity contribution in [3.63, 3.8) is 0 Å². The second-order valence-corrected chi connectivity index (χ2v) is 5.36. The minimum absolute atomic E-state index is 0.364. The van der Waals surface area contributed by atoms with E-state index in [2.05, 4.69) is 62.0 Å². The Morgan fingerprint density at radius 2 is 1.73 bits per heavy atom. The first-order valence-corrected chi connectivity index (χ1v) is 8.17. The van der Waals surface area contributed by atoms with Gasteiger partial charge in [0.2, 0.25) is 0 Å². The van der Waals surface area contributed by atoms with Crippen molar-refractivity contribution in [3.8, 4) is 11.1 Å². The predicted molar refractivity (Wildman–Crippen MR) is 92.7 cm³/mol. The van der Waals surface area contributed by atoms with Crippen LogP contribution in [0.15, 0.2) is 48.5 Å². The fourth-order valence-electron chi connectivity index (χ4n) is 1.97. The molecule has 2 aromatic rings. The third-order valence-corrected chi connectivity index (χ3v) is 3.81. The molecule has 6 heteroatoms. The molecule has 1 aliphatic rings. The van der Waals surface area contributed by atoms with Gasteiger partial charge in [-0.15, -0.1) is 0 Å². The third-order valence-electron chi connectivity index (χ3n) is 3.16. The standard InChI is InChI=1S/C14H17BrN4.C2H4O/c15-9-10-5-7-11(8-6-10)12-3-1-2-4-13(12)14(16)18-19-17;1-2-3-1/h1-8,14,18-19H,9,16-17H2;1-2H2. The van der Waals surface area contributed by atoms with Crippen LogP contribution in [0.1, 0.15) is 17.3 Å². The zero-order valence-electron chi connectivity index (χ0n) is 12.3. The fourth-order valence-corrected chi connectivity index (χ4v) is 2.35. The number of nitrogens with two attached hydrogens (primary N) is 2. The highest BCUT2D eigenvalue weighted by Gasteiger charge is 2.10. The molecule has 1 aliphatic heterocycles. The van der Waals surface area contributed by atoms with E-state index in [1.54, 1.807) is 0 Å². The third kappa shape index (κ3) is 5.17. The van der Waals surface area contributed by atoms with E-state index in [1.165, 1.54) is 5.56 Å². The summed E-state index contributed by atoms with van der Waals surface area (Å²) in [5.74, 6) is 5.25. The summed E-state index contributed by atoms with van der Waals surface area (Å²) < 4.78 is 4.50. The van der Waals surface area contributed by atoms with Gasteiger partial charge in [-0.3, -0.25) is 5.84 Å². The van der Waals surface area contributed by atoms with Crippen molar-refractivity contribution < 1.29 is 4.74 Å². The summed E-state index contributed by atoms with van der Waals surface area (Å²) in [4.78, 5) is 0. The lowest BCUT2D eigenvalue weighted by Crippen LogP contribution is -2.44. The molecule has 0 aromatic heterocycles. The van der Waals surface area contributed by atoms with E-state index >= 15 is 0 Å². The number of hydrogen-bond donors (Lipinski definition) is 4. The topological polar surface area (TPSA) is 88.6 Å².